The van der Waals surface area contributed by atoms with Gasteiger partial charge in [0.15, 0.2) is 11.5 Å². The molecule has 2 aromatic rings. The summed E-state index contributed by atoms with van der Waals surface area (Å²) in [5.41, 5.74) is -0.0722. The number of nitrogens with zero attached hydrogens (tertiary/aromatic N) is 2. The minimum Gasteiger partial charge on any atom is -0.476 e. The molecule has 6 heteroatoms. The monoisotopic (exact) mass is 232 g/mol. The molecule has 0 fully saturated rings. The maximum Gasteiger partial charge on any atom is 0.358 e. The fraction of sp³-hybridized carbons (Fsp3) is 0. The number of nitriles is 1. The fourth-order valence-electron chi connectivity index (χ4n) is 1.29. The quantitative estimate of drug-likeness (QED) is 0.856. The van der Waals surface area contributed by atoms with Gasteiger partial charge in [0.25, 0.3) is 0 Å². The predicted molar refractivity (Wildman–Crippen MR) is 53.6 cm³/mol. The van der Waals surface area contributed by atoms with Crippen molar-refractivity contribution in [3.05, 3.63) is 41.3 Å². The van der Waals surface area contributed by atoms with Crippen molar-refractivity contribution in [1.29, 1.82) is 5.26 Å². The number of hydrogen-bond donors (Lipinski definition) is 1. The first-order valence-electron chi connectivity index (χ1n) is 4.52. The lowest BCUT2D eigenvalue weighted by molar-refractivity contribution is 0.0686. The van der Waals surface area contributed by atoms with Gasteiger partial charge in [0, 0.05) is 6.07 Å². The van der Waals surface area contributed by atoms with Crippen LogP contribution in [0.15, 0.2) is 28.8 Å². The van der Waals surface area contributed by atoms with Crippen LogP contribution in [0, 0.1) is 17.1 Å². The van der Waals surface area contributed by atoms with E-state index in [0.29, 0.717) is 0 Å². The second kappa shape index (κ2) is 4.06. The smallest absolute Gasteiger partial charge is 0.358 e. The zero-order chi connectivity index (χ0) is 12.4. The lowest BCUT2D eigenvalue weighted by atomic mass is 10.1. The summed E-state index contributed by atoms with van der Waals surface area (Å²) in [6.45, 7) is 0. The van der Waals surface area contributed by atoms with E-state index in [0.717, 1.165) is 12.1 Å². The third-order valence-electron chi connectivity index (χ3n) is 2.09. The maximum absolute atomic E-state index is 13.5. The number of aromatic nitrogens is 1. The summed E-state index contributed by atoms with van der Waals surface area (Å²) < 4.78 is 18.3. The minimum atomic E-state index is -1.26. The third kappa shape index (κ3) is 1.99. The van der Waals surface area contributed by atoms with Crippen molar-refractivity contribution in [2.75, 3.05) is 0 Å². The molecular weight excluding hydrogens is 227 g/mol. The van der Waals surface area contributed by atoms with Crippen LogP contribution in [0.2, 0.25) is 0 Å². The number of aromatic carboxylic acids is 1. The Balaban J connectivity index is 2.46. The summed E-state index contributed by atoms with van der Waals surface area (Å²) in [5.74, 6) is -1.92. The van der Waals surface area contributed by atoms with Gasteiger partial charge in [-0.1, -0.05) is 5.16 Å². The molecule has 2 rings (SSSR count). The van der Waals surface area contributed by atoms with Crippen molar-refractivity contribution in [3.8, 4) is 17.4 Å². The van der Waals surface area contributed by atoms with Crippen molar-refractivity contribution in [1.82, 2.24) is 5.16 Å². The minimum absolute atomic E-state index is 0.00406. The number of rotatable bonds is 2. The van der Waals surface area contributed by atoms with Gasteiger partial charge in [-0.2, -0.15) is 5.26 Å². The van der Waals surface area contributed by atoms with E-state index in [9.17, 15) is 9.18 Å². The van der Waals surface area contributed by atoms with Crippen molar-refractivity contribution < 1.29 is 18.8 Å². The number of benzene rings is 1. The number of hydrogen-bond acceptors (Lipinski definition) is 4. The van der Waals surface area contributed by atoms with Crippen molar-refractivity contribution in [3.63, 3.8) is 0 Å². The standard InChI is InChI=1S/C11H5FN2O3/c12-8-3-6(5-13)1-2-7(8)10-4-9(11(15)16)14-17-10/h1-4H,(H,15,16). The van der Waals surface area contributed by atoms with Crippen LogP contribution in [0.5, 0.6) is 0 Å². The van der Waals surface area contributed by atoms with Gasteiger partial charge in [-0.15, -0.1) is 0 Å². The molecular formula is C11H5FN2O3. The van der Waals surface area contributed by atoms with E-state index in [1.807, 2.05) is 0 Å². The Bertz CT molecular complexity index is 628. The Labute approximate surface area is 94.7 Å². The highest BCUT2D eigenvalue weighted by Crippen LogP contribution is 2.24. The zero-order valence-electron chi connectivity index (χ0n) is 8.35. The second-order valence-electron chi connectivity index (χ2n) is 3.19. The molecule has 1 heterocycles. The first-order valence-corrected chi connectivity index (χ1v) is 4.52. The van der Waals surface area contributed by atoms with Crippen LogP contribution in [0.1, 0.15) is 16.1 Å². The van der Waals surface area contributed by atoms with E-state index < -0.39 is 11.8 Å². The molecule has 0 amide bonds. The molecule has 84 valence electrons. The van der Waals surface area contributed by atoms with Gasteiger partial charge < -0.3 is 9.63 Å². The summed E-state index contributed by atoms with van der Waals surface area (Å²) in [6, 6.07) is 6.68. The summed E-state index contributed by atoms with van der Waals surface area (Å²) in [4.78, 5) is 10.6. The summed E-state index contributed by atoms with van der Waals surface area (Å²) in [5, 5.41) is 20.5. The Morgan fingerprint density at radius 3 is 2.76 bits per heavy atom. The Morgan fingerprint density at radius 1 is 1.47 bits per heavy atom. The highest BCUT2D eigenvalue weighted by Gasteiger charge is 2.15. The molecule has 0 aliphatic heterocycles. The van der Waals surface area contributed by atoms with Crippen LogP contribution >= 0.6 is 0 Å². The largest absolute Gasteiger partial charge is 0.476 e. The van der Waals surface area contributed by atoms with Crippen molar-refractivity contribution in [2.45, 2.75) is 0 Å². The normalized spacial score (nSPS) is 9.88. The Hall–Kier alpha value is -2.68. The summed E-state index contributed by atoms with van der Waals surface area (Å²) in [7, 11) is 0. The van der Waals surface area contributed by atoms with Crippen LogP contribution in [-0.4, -0.2) is 16.2 Å². The van der Waals surface area contributed by atoms with E-state index in [1.165, 1.54) is 12.1 Å². The third-order valence-corrected chi connectivity index (χ3v) is 2.09. The summed E-state index contributed by atoms with van der Waals surface area (Å²) in [6.07, 6.45) is 0. The number of halogens is 1. The molecule has 1 aromatic carbocycles. The molecule has 0 aliphatic carbocycles. The SMILES string of the molecule is N#Cc1ccc(-c2cc(C(=O)O)no2)c(F)c1. The highest BCUT2D eigenvalue weighted by molar-refractivity contribution is 5.86. The van der Waals surface area contributed by atoms with E-state index in [2.05, 4.69) is 5.16 Å². The van der Waals surface area contributed by atoms with Gasteiger partial charge >= 0.3 is 5.97 Å². The van der Waals surface area contributed by atoms with E-state index >= 15 is 0 Å². The lowest BCUT2D eigenvalue weighted by Crippen LogP contribution is -1.94. The molecule has 0 bridgehead atoms. The predicted octanol–water partition coefficient (Wildman–Crippen LogP) is 2.05. The van der Waals surface area contributed by atoms with Gasteiger partial charge in [-0.25, -0.2) is 9.18 Å². The van der Waals surface area contributed by atoms with Crippen LogP contribution in [0.3, 0.4) is 0 Å². The Morgan fingerprint density at radius 2 is 2.24 bits per heavy atom. The number of carboxylic acids is 1. The molecule has 0 atom stereocenters. The topological polar surface area (TPSA) is 87.1 Å². The van der Waals surface area contributed by atoms with Gasteiger partial charge in [0.1, 0.15) is 5.82 Å². The van der Waals surface area contributed by atoms with Gasteiger partial charge in [-0.3, -0.25) is 0 Å². The van der Waals surface area contributed by atoms with Gasteiger partial charge in [0.2, 0.25) is 0 Å². The molecule has 1 aromatic heterocycles. The first-order chi connectivity index (χ1) is 8.11. The molecule has 0 spiro atoms. The van der Waals surface area contributed by atoms with Crippen LogP contribution in [-0.2, 0) is 0 Å². The average molecular weight is 232 g/mol. The van der Waals surface area contributed by atoms with E-state index in [-0.39, 0.29) is 22.6 Å². The zero-order valence-corrected chi connectivity index (χ0v) is 8.35. The lowest BCUT2D eigenvalue weighted by Gasteiger charge is -1.97. The maximum atomic E-state index is 13.5. The van der Waals surface area contributed by atoms with Crippen LogP contribution < -0.4 is 0 Å². The average Bonchev–Trinajstić information content (AvgIpc) is 2.78. The molecule has 0 radical (unpaired) electrons. The molecule has 5 nitrogen and oxygen atoms in total. The van der Waals surface area contributed by atoms with Gasteiger partial charge in [0.05, 0.1) is 17.2 Å². The molecule has 0 saturated carbocycles. The van der Waals surface area contributed by atoms with Crippen LogP contribution in [0.25, 0.3) is 11.3 Å². The van der Waals surface area contributed by atoms with E-state index in [1.54, 1.807) is 6.07 Å². The van der Waals surface area contributed by atoms with Crippen LogP contribution in [0.4, 0.5) is 4.39 Å². The molecule has 0 saturated heterocycles. The fourth-order valence-corrected chi connectivity index (χ4v) is 1.29. The molecule has 0 unspecified atom stereocenters. The first kappa shape index (κ1) is 10.8. The summed E-state index contributed by atoms with van der Waals surface area (Å²) >= 11 is 0. The number of carbonyl (C=O) groups is 1. The molecule has 17 heavy (non-hydrogen) atoms. The Kier molecular flexibility index (Phi) is 2.58. The van der Waals surface area contributed by atoms with Crippen molar-refractivity contribution >= 4 is 5.97 Å². The molecule has 0 aliphatic rings. The number of carboxylic acid groups (broad SMARTS) is 1. The molecule has 1 N–H and O–H groups in total. The highest BCUT2D eigenvalue weighted by atomic mass is 19.1. The second-order valence-corrected chi connectivity index (χ2v) is 3.19. The van der Waals surface area contributed by atoms with E-state index in [4.69, 9.17) is 14.9 Å². The van der Waals surface area contributed by atoms with Crippen molar-refractivity contribution in [2.24, 2.45) is 0 Å². The van der Waals surface area contributed by atoms with Gasteiger partial charge in [-0.05, 0) is 18.2 Å².